The monoisotopic (exact) mass is 236 g/mol. The quantitative estimate of drug-likeness (QED) is 0.816. The summed E-state index contributed by atoms with van der Waals surface area (Å²) >= 11 is 5.85. The van der Waals surface area contributed by atoms with Crippen LogP contribution in [0.25, 0.3) is 0 Å². The fourth-order valence-electron chi connectivity index (χ4n) is 1.48. The lowest BCUT2D eigenvalue weighted by Gasteiger charge is -2.06. The number of halogens is 1. The number of aromatic nitrogens is 2. The van der Waals surface area contributed by atoms with Gasteiger partial charge in [0.05, 0.1) is 6.61 Å². The van der Waals surface area contributed by atoms with Crippen molar-refractivity contribution >= 4 is 11.6 Å². The first-order chi connectivity index (χ1) is 7.75. The minimum atomic E-state index is 0.625. The van der Waals surface area contributed by atoms with Crippen molar-refractivity contribution in [3.8, 4) is 5.75 Å². The lowest BCUT2D eigenvalue weighted by atomic mass is 10.3. The van der Waals surface area contributed by atoms with Crippen LogP contribution in [-0.2, 0) is 13.5 Å². The molecule has 2 rings (SSSR count). The second-order valence-electron chi connectivity index (χ2n) is 3.50. The average Bonchev–Trinajstić information content (AvgIpc) is 2.65. The molecule has 2 aromatic rings. The number of hydrogen-bond acceptors (Lipinski definition) is 2. The zero-order chi connectivity index (χ0) is 11.4. The van der Waals surface area contributed by atoms with Gasteiger partial charge in [0.15, 0.2) is 0 Å². The van der Waals surface area contributed by atoms with E-state index in [4.69, 9.17) is 16.3 Å². The predicted molar refractivity (Wildman–Crippen MR) is 63.9 cm³/mol. The molecular formula is C12H13ClN2O. The van der Waals surface area contributed by atoms with E-state index < -0.39 is 0 Å². The molecule has 0 atom stereocenters. The van der Waals surface area contributed by atoms with Gasteiger partial charge in [-0.1, -0.05) is 17.7 Å². The Morgan fingerprint density at radius 3 is 2.94 bits per heavy atom. The van der Waals surface area contributed by atoms with Crippen LogP contribution in [-0.4, -0.2) is 16.4 Å². The number of ether oxygens (including phenoxy) is 1. The summed E-state index contributed by atoms with van der Waals surface area (Å²) in [6, 6.07) is 9.40. The van der Waals surface area contributed by atoms with E-state index >= 15 is 0 Å². The Kier molecular flexibility index (Phi) is 3.47. The maximum atomic E-state index is 5.85. The van der Waals surface area contributed by atoms with Crippen LogP contribution >= 0.6 is 11.6 Å². The van der Waals surface area contributed by atoms with Crippen LogP contribution in [0.15, 0.2) is 36.5 Å². The maximum Gasteiger partial charge on any atom is 0.120 e. The summed E-state index contributed by atoms with van der Waals surface area (Å²) in [6.45, 7) is 0.625. The number of benzene rings is 1. The van der Waals surface area contributed by atoms with Gasteiger partial charge in [0.1, 0.15) is 5.75 Å². The van der Waals surface area contributed by atoms with E-state index in [0.29, 0.717) is 11.6 Å². The highest BCUT2D eigenvalue weighted by molar-refractivity contribution is 6.30. The fourth-order valence-corrected chi connectivity index (χ4v) is 1.66. The first-order valence-electron chi connectivity index (χ1n) is 5.11. The van der Waals surface area contributed by atoms with E-state index in [-0.39, 0.29) is 0 Å². The van der Waals surface area contributed by atoms with Crippen LogP contribution in [0.3, 0.4) is 0 Å². The lowest BCUT2D eigenvalue weighted by molar-refractivity contribution is 0.318. The highest BCUT2D eigenvalue weighted by Gasteiger charge is 1.99. The van der Waals surface area contributed by atoms with Crippen LogP contribution < -0.4 is 4.74 Å². The third kappa shape index (κ3) is 2.76. The van der Waals surface area contributed by atoms with Gasteiger partial charge in [-0.05, 0) is 24.3 Å². The molecule has 0 amide bonds. The van der Waals surface area contributed by atoms with Gasteiger partial charge in [-0.3, -0.25) is 4.68 Å². The first kappa shape index (κ1) is 11.0. The Hall–Kier alpha value is -1.48. The van der Waals surface area contributed by atoms with Crippen molar-refractivity contribution < 1.29 is 4.74 Å². The van der Waals surface area contributed by atoms with E-state index in [2.05, 4.69) is 5.10 Å². The van der Waals surface area contributed by atoms with E-state index in [9.17, 15) is 0 Å². The summed E-state index contributed by atoms with van der Waals surface area (Å²) in [5, 5.41) is 4.79. The Morgan fingerprint density at radius 1 is 1.38 bits per heavy atom. The topological polar surface area (TPSA) is 27.1 Å². The summed E-state index contributed by atoms with van der Waals surface area (Å²) in [4.78, 5) is 0. The van der Waals surface area contributed by atoms with Gasteiger partial charge in [-0.25, -0.2) is 0 Å². The van der Waals surface area contributed by atoms with E-state index in [1.165, 1.54) is 0 Å². The Labute approximate surface area is 99.6 Å². The van der Waals surface area contributed by atoms with Crippen molar-refractivity contribution in [1.82, 2.24) is 9.78 Å². The third-order valence-electron chi connectivity index (χ3n) is 2.35. The number of aryl methyl sites for hydroxylation is 1. The van der Waals surface area contributed by atoms with Crippen LogP contribution in [0.2, 0.25) is 5.02 Å². The highest BCUT2D eigenvalue weighted by Crippen LogP contribution is 2.17. The van der Waals surface area contributed by atoms with E-state index in [1.54, 1.807) is 6.20 Å². The standard InChI is InChI=1S/C12H13ClN2O/c1-15-11(5-7-14-15)6-8-16-12-4-2-3-10(13)9-12/h2-5,7,9H,6,8H2,1H3. The third-order valence-corrected chi connectivity index (χ3v) is 2.58. The normalized spacial score (nSPS) is 10.4. The molecule has 1 aromatic heterocycles. The van der Waals surface area contributed by atoms with Gasteiger partial charge in [-0.2, -0.15) is 5.10 Å². The van der Waals surface area contributed by atoms with Gasteiger partial charge in [0.25, 0.3) is 0 Å². The second-order valence-corrected chi connectivity index (χ2v) is 3.94. The molecule has 84 valence electrons. The van der Waals surface area contributed by atoms with Gasteiger partial charge in [-0.15, -0.1) is 0 Å². The van der Waals surface area contributed by atoms with Crippen molar-refractivity contribution in [2.24, 2.45) is 7.05 Å². The largest absolute Gasteiger partial charge is 0.493 e. The minimum Gasteiger partial charge on any atom is -0.493 e. The fraction of sp³-hybridized carbons (Fsp3) is 0.250. The summed E-state index contributed by atoms with van der Waals surface area (Å²) in [7, 11) is 1.93. The second kappa shape index (κ2) is 5.03. The molecule has 0 bridgehead atoms. The molecule has 0 aliphatic heterocycles. The molecule has 1 heterocycles. The number of hydrogen-bond donors (Lipinski definition) is 0. The molecule has 0 aliphatic carbocycles. The predicted octanol–water partition coefficient (Wildman–Crippen LogP) is 2.70. The summed E-state index contributed by atoms with van der Waals surface area (Å²) < 4.78 is 7.44. The zero-order valence-corrected chi connectivity index (χ0v) is 9.81. The van der Waals surface area contributed by atoms with Crippen LogP contribution in [0.5, 0.6) is 5.75 Å². The highest BCUT2D eigenvalue weighted by atomic mass is 35.5. The maximum absolute atomic E-state index is 5.85. The van der Waals surface area contributed by atoms with Crippen LogP contribution in [0.4, 0.5) is 0 Å². The molecule has 16 heavy (non-hydrogen) atoms. The van der Waals surface area contributed by atoms with Crippen LogP contribution in [0, 0.1) is 0 Å². The molecule has 0 aliphatic rings. The van der Waals surface area contributed by atoms with Gasteiger partial charge in [0.2, 0.25) is 0 Å². The summed E-state index contributed by atoms with van der Waals surface area (Å²) in [5.74, 6) is 0.801. The average molecular weight is 237 g/mol. The molecule has 0 saturated carbocycles. The molecule has 3 nitrogen and oxygen atoms in total. The van der Waals surface area contributed by atoms with Crippen molar-refractivity contribution in [3.05, 3.63) is 47.2 Å². The molecule has 0 unspecified atom stereocenters. The van der Waals surface area contributed by atoms with Crippen molar-refractivity contribution in [2.45, 2.75) is 6.42 Å². The summed E-state index contributed by atoms with van der Waals surface area (Å²) in [6.07, 6.45) is 2.62. The number of nitrogens with zero attached hydrogens (tertiary/aromatic N) is 2. The first-order valence-corrected chi connectivity index (χ1v) is 5.49. The van der Waals surface area contributed by atoms with Crippen molar-refractivity contribution in [1.29, 1.82) is 0 Å². The van der Waals surface area contributed by atoms with Crippen molar-refractivity contribution in [2.75, 3.05) is 6.61 Å². The smallest absolute Gasteiger partial charge is 0.120 e. The molecule has 1 aromatic carbocycles. The Morgan fingerprint density at radius 2 is 2.25 bits per heavy atom. The lowest BCUT2D eigenvalue weighted by Crippen LogP contribution is -2.05. The molecule has 4 heteroatoms. The van der Waals surface area contributed by atoms with E-state index in [1.807, 2.05) is 42.1 Å². The van der Waals surface area contributed by atoms with Gasteiger partial charge >= 0.3 is 0 Å². The van der Waals surface area contributed by atoms with Crippen LogP contribution in [0.1, 0.15) is 5.69 Å². The van der Waals surface area contributed by atoms with Crippen molar-refractivity contribution in [3.63, 3.8) is 0 Å². The Balaban J connectivity index is 1.87. The van der Waals surface area contributed by atoms with E-state index in [0.717, 1.165) is 17.9 Å². The van der Waals surface area contributed by atoms with Gasteiger partial charge in [0, 0.05) is 30.4 Å². The summed E-state index contributed by atoms with van der Waals surface area (Å²) in [5.41, 5.74) is 1.15. The zero-order valence-electron chi connectivity index (χ0n) is 9.06. The number of rotatable bonds is 4. The molecule has 0 N–H and O–H groups in total. The molecule has 0 saturated heterocycles. The molecular weight excluding hydrogens is 224 g/mol. The molecule has 0 spiro atoms. The minimum absolute atomic E-state index is 0.625. The molecule has 0 radical (unpaired) electrons. The molecule has 0 fully saturated rings. The van der Waals surface area contributed by atoms with Gasteiger partial charge < -0.3 is 4.74 Å². The SMILES string of the molecule is Cn1nccc1CCOc1cccc(Cl)c1. The Bertz CT molecular complexity index is 468.